The molecule has 1 fully saturated rings. The maximum absolute atomic E-state index is 13.6. The number of hydrogen-bond donors (Lipinski definition) is 1. The molecular weight excluding hydrogens is 326 g/mol. The van der Waals surface area contributed by atoms with E-state index in [2.05, 4.69) is 10.4 Å². The standard InChI is InChI=1S/C16H15F4N3O/c17-11-7-12(18)15(20)13(14(11)19)16(24)21-8-9-5-6-23(22-9)10-3-1-2-4-10/h5-7,10H,1-4,8H2,(H,21,24). The number of amides is 1. The number of carbonyl (C=O) groups is 1. The Morgan fingerprint density at radius 2 is 1.79 bits per heavy atom. The number of hydrogen-bond acceptors (Lipinski definition) is 2. The highest BCUT2D eigenvalue weighted by molar-refractivity contribution is 5.94. The molecule has 1 amide bonds. The van der Waals surface area contributed by atoms with Gasteiger partial charge in [0.2, 0.25) is 0 Å². The van der Waals surface area contributed by atoms with Crippen LogP contribution in [-0.2, 0) is 6.54 Å². The summed E-state index contributed by atoms with van der Waals surface area (Å²) >= 11 is 0. The van der Waals surface area contributed by atoms with E-state index in [0.717, 1.165) is 25.7 Å². The second-order valence-electron chi connectivity index (χ2n) is 5.75. The second-order valence-corrected chi connectivity index (χ2v) is 5.75. The predicted molar refractivity (Wildman–Crippen MR) is 77.2 cm³/mol. The Bertz CT molecular complexity index is 743. The number of halogens is 4. The van der Waals surface area contributed by atoms with Crippen LogP contribution in [0.5, 0.6) is 0 Å². The highest BCUT2D eigenvalue weighted by Crippen LogP contribution is 2.28. The molecule has 4 nitrogen and oxygen atoms in total. The van der Waals surface area contributed by atoms with Crippen LogP contribution < -0.4 is 5.32 Å². The Balaban J connectivity index is 1.70. The molecule has 0 bridgehead atoms. The Kier molecular flexibility index (Phi) is 4.55. The number of nitrogens with one attached hydrogen (secondary N) is 1. The van der Waals surface area contributed by atoms with Gasteiger partial charge in [0.25, 0.3) is 5.91 Å². The molecule has 2 aromatic rings. The van der Waals surface area contributed by atoms with Gasteiger partial charge in [-0.05, 0) is 18.9 Å². The van der Waals surface area contributed by atoms with Crippen molar-refractivity contribution in [3.8, 4) is 0 Å². The van der Waals surface area contributed by atoms with Gasteiger partial charge in [-0.1, -0.05) is 12.8 Å². The fourth-order valence-electron chi connectivity index (χ4n) is 2.88. The van der Waals surface area contributed by atoms with Gasteiger partial charge in [-0.3, -0.25) is 9.48 Å². The topological polar surface area (TPSA) is 46.9 Å². The molecule has 0 radical (unpaired) electrons. The van der Waals surface area contributed by atoms with Crippen LogP contribution in [0.1, 0.15) is 47.8 Å². The molecule has 24 heavy (non-hydrogen) atoms. The Hall–Kier alpha value is -2.38. The molecule has 1 aromatic carbocycles. The van der Waals surface area contributed by atoms with Crippen LogP contribution in [0.4, 0.5) is 17.6 Å². The average molecular weight is 341 g/mol. The lowest BCUT2D eigenvalue weighted by atomic mass is 10.1. The van der Waals surface area contributed by atoms with Gasteiger partial charge in [-0.25, -0.2) is 17.6 Å². The summed E-state index contributed by atoms with van der Waals surface area (Å²) < 4.78 is 55.2. The third-order valence-electron chi connectivity index (χ3n) is 4.13. The lowest BCUT2D eigenvalue weighted by Gasteiger charge is -2.09. The van der Waals surface area contributed by atoms with Crippen LogP contribution in [0.25, 0.3) is 0 Å². The van der Waals surface area contributed by atoms with E-state index in [4.69, 9.17) is 0 Å². The van der Waals surface area contributed by atoms with E-state index in [0.29, 0.717) is 11.7 Å². The van der Waals surface area contributed by atoms with Gasteiger partial charge in [0.1, 0.15) is 5.56 Å². The van der Waals surface area contributed by atoms with E-state index in [9.17, 15) is 22.4 Å². The van der Waals surface area contributed by atoms with Crippen molar-refractivity contribution in [2.45, 2.75) is 38.3 Å². The van der Waals surface area contributed by atoms with Crippen molar-refractivity contribution in [1.29, 1.82) is 0 Å². The summed E-state index contributed by atoms with van der Waals surface area (Å²) in [6, 6.07) is 2.06. The van der Waals surface area contributed by atoms with E-state index >= 15 is 0 Å². The van der Waals surface area contributed by atoms with Crippen molar-refractivity contribution >= 4 is 5.91 Å². The van der Waals surface area contributed by atoms with Gasteiger partial charge < -0.3 is 5.32 Å². The Labute approximate surface area is 135 Å². The van der Waals surface area contributed by atoms with Crippen LogP contribution >= 0.6 is 0 Å². The second kappa shape index (κ2) is 6.62. The summed E-state index contributed by atoms with van der Waals surface area (Å²) in [6.07, 6.45) is 6.13. The monoisotopic (exact) mass is 341 g/mol. The third-order valence-corrected chi connectivity index (χ3v) is 4.13. The van der Waals surface area contributed by atoms with E-state index in [-0.39, 0.29) is 12.6 Å². The fraction of sp³-hybridized carbons (Fsp3) is 0.375. The molecule has 0 unspecified atom stereocenters. The average Bonchev–Trinajstić information content (AvgIpc) is 3.22. The highest BCUT2D eigenvalue weighted by Gasteiger charge is 2.25. The van der Waals surface area contributed by atoms with E-state index in [1.54, 1.807) is 16.9 Å². The number of carbonyl (C=O) groups excluding carboxylic acids is 1. The number of benzene rings is 1. The maximum Gasteiger partial charge on any atom is 0.257 e. The van der Waals surface area contributed by atoms with Crippen LogP contribution in [0.2, 0.25) is 0 Å². The normalized spacial score (nSPS) is 15.0. The summed E-state index contributed by atoms with van der Waals surface area (Å²) in [5.41, 5.74) is -0.782. The fourth-order valence-corrected chi connectivity index (χ4v) is 2.88. The number of aromatic nitrogens is 2. The van der Waals surface area contributed by atoms with Gasteiger partial charge in [-0.2, -0.15) is 5.10 Å². The molecule has 1 aliphatic carbocycles. The van der Waals surface area contributed by atoms with Crippen molar-refractivity contribution in [2.75, 3.05) is 0 Å². The summed E-state index contributed by atoms with van der Waals surface area (Å²) in [6.45, 7) is -0.102. The third kappa shape index (κ3) is 3.13. The Morgan fingerprint density at radius 1 is 1.17 bits per heavy atom. The molecule has 1 aliphatic rings. The van der Waals surface area contributed by atoms with Crippen molar-refractivity contribution in [3.63, 3.8) is 0 Å². The van der Waals surface area contributed by atoms with Crippen molar-refractivity contribution in [1.82, 2.24) is 15.1 Å². The maximum atomic E-state index is 13.6. The highest BCUT2D eigenvalue weighted by atomic mass is 19.2. The van der Waals surface area contributed by atoms with Crippen LogP contribution in [0.15, 0.2) is 18.3 Å². The van der Waals surface area contributed by atoms with Crippen molar-refractivity contribution in [3.05, 3.63) is 52.9 Å². The largest absolute Gasteiger partial charge is 0.346 e. The zero-order chi connectivity index (χ0) is 17.3. The minimum absolute atomic E-state index is 0.0602. The molecule has 1 aromatic heterocycles. The van der Waals surface area contributed by atoms with E-state index < -0.39 is 34.7 Å². The van der Waals surface area contributed by atoms with Gasteiger partial charge in [0.05, 0.1) is 18.3 Å². The zero-order valence-electron chi connectivity index (χ0n) is 12.7. The van der Waals surface area contributed by atoms with Gasteiger partial charge in [0.15, 0.2) is 23.3 Å². The molecule has 0 saturated heterocycles. The zero-order valence-corrected chi connectivity index (χ0v) is 12.7. The van der Waals surface area contributed by atoms with Crippen LogP contribution in [0, 0.1) is 23.3 Å². The summed E-state index contributed by atoms with van der Waals surface area (Å²) in [4.78, 5) is 11.9. The minimum atomic E-state index is -1.72. The Morgan fingerprint density at radius 3 is 2.42 bits per heavy atom. The van der Waals surface area contributed by atoms with E-state index in [1.807, 2.05) is 0 Å². The van der Waals surface area contributed by atoms with Gasteiger partial charge in [0, 0.05) is 12.3 Å². The smallest absolute Gasteiger partial charge is 0.257 e. The first-order valence-corrected chi connectivity index (χ1v) is 7.62. The SMILES string of the molecule is O=C(NCc1ccn(C2CCCC2)n1)c1c(F)c(F)cc(F)c1F. The minimum Gasteiger partial charge on any atom is -0.346 e. The van der Waals surface area contributed by atoms with Crippen molar-refractivity contribution in [2.24, 2.45) is 0 Å². The van der Waals surface area contributed by atoms with Crippen LogP contribution in [0.3, 0.4) is 0 Å². The first-order valence-electron chi connectivity index (χ1n) is 7.62. The summed E-state index contributed by atoms with van der Waals surface area (Å²) in [5.74, 6) is -7.92. The van der Waals surface area contributed by atoms with Crippen LogP contribution in [-0.4, -0.2) is 15.7 Å². The van der Waals surface area contributed by atoms with E-state index in [1.165, 1.54) is 0 Å². The molecular formula is C16H15F4N3O. The molecule has 128 valence electrons. The number of nitrogens with zero attached hydrogens (tertiary/aromatic N) is 2. The lowest BCUT2D eigenvalue weighted by molar-refractivity contribution is 0.0939. The molecule has 0 spiro atoms. The lowest BCUT2D eigenvalue weighted by Crippen LogP contribution is -2.26. The van der Waals surface area contributed by atoms with Gasteiger partial charge in [-0.15, -0.1) is 0 Å². The summed E-state index contributed by atoms with van der Waals surface area (Å²) in [5, 5.41) is 6.53. The first kappa shape index (κ1) is 16.5. The summed E-state index contributed by atoms with van der Waals surface area (Å²) in [7, 11) is 0. The first-order chi connectivity index (χ1) is 11.5. The predicted octanol–water partition coefficient (Wildman–Crippen LogP) is 3.48. The molecule has 0 aliphatic heterocycles. The molecule has 8 heteroatoms. The molecule has 3 rings (SSSR count). The van der Waals surface area contributed by atoms with Crippen molar-refractivity contribution < 1.29 is 22.4 Å². The molecule has 1 heterocycles. The molecule has 1 N–H and O–H groups in total. The molecule has 0 atom stereocenters. The quantitative estimate of drug-likeness (QED) is 0.684. The molecule has 1 saturated carbocycles. The number of rotatable bonds is 4. The van der Waals surface area contributed by atoms with Gasteiger partial charge >= 0.3 is 0 Å².